The van der Waals surface area contributed by atoms with Crippen LogP contribution in [0.5, 0.6) is 11.5 Å². The molecule has 1 atom stereocenters. The number of benzene rings is 2. The molecule has 1 aliphatic heterocycles. The fourth-order valence-electron chi connectivity index (χ4n) is 3.42. The molecular formula is C20H20N6O4. The minimum Gasteiger partial charge on any atom is -0.497 e. The zero-order chi connectivity index (χ0) is 21.3. The first-order valence-corrected chi connectivity index (χ1v) is 9.08. The Morgan fingerprint density at radius 3 is 2.67 bits per heavy atom. The minimum absolute atomic E-state index is 0.0258. The van der Waals surface area contributed by atoms with Gasteiger partial charge in [0.2, 0.25) is 5.54 Å². The number of primary amides is 1. The molecule has 2 amide bonds. The Hall–Kier alpha value is -3.92. The maximum absolute atomic E-state index is 13.2. The second-order valence-corrected chi connectivity index (χ2v) is 6.58. The summed E-state index contributed by atoms with van der Waals surface area (Å²) in [6.07, 6.45) is 0. The number of aromatic amines is 1. The fourth-order valence-corrected chi connectivity index (χ4v) is 3.42. The zero-order valence-corrected chi connectivity index (χ0v) is 16.4. The van der Waals surface area contributed by atoms with E-state index in [0.717, 1.165) is 0 Å². The standard InChI is InChI=1S/C20H20N6O4/c1-29-11-7-8-15(30-2)14(9-11)24-17(27)16-20(18(21)28,23-10-22-16)19-25-12-5-3-4-6-13(12)26-19/h3-9,23H,10H2,1-2H3,(H2,21,28)(H,24,27)(H,25,26). The van der Waals surface area contributed by atoms with Gasteiger partial charge >= 0.3 is 0 Å². The van der Waals surface area contributed by atoms with E-state index in [9.17, 15) is 9.59 Å². The maximum Gasteiger partial charge on any atom is 0.272 e. The first kappa shape index (κ1) is 19.4. The summed E-state index contributed by atoms with van der Waals surface area (Å²) in [6, 6.07) is 12.2. The van der Waals surface area contributed by atoms with E-state index in [4.69, 9.17) is 15.2 Å². The number of methoxy groups -OCH3 is 2. The number of para-hydroxylation sites is 2. The average molecular weight is 408 g/mol. The van der Waals surface area contributed by atoms with E-state index in [1.165, 1.54) is 14.2 Å². The number of fused-ring (bicyclic) bond motifs is 1. The number of H-pyrrole nitrogens is 1. The number of ether oxygens (including phenoxy) is 2. The molecule has 0 radical (unpaired) electrons. The second kappa shape index (κ2) is 7.48. The Bertz CT molecular complexity index is 1140. The van der Waals surface area contributed by atoms with Gasteiger partial charge in [-0.1, -0.05) is 12.1 Å². The van der Waals surface area contributed by atoms with Crippen molar-refractivity contribution in [1.82, 2.24) is 15.3 Å². The van der Waals surface area contributed by atoms with Gasteiger partial charge in [-0.3, -0.25) is 19.9 Å². The highest BCUT2D eigenvalue weighted by Crippen LogP contribution is 2.31. The molecule has 1 unspecified atom stereocenters. The number of aromatic nitrogens is 2. The molecule has 0 saturated heterocycles. The van der Waals surface area contributed by atoms with Gasteiger partial charge in [0.15, 0.2) is 0 Å². The highest BCUT2D eigenvalue weighted by Gasteiger charge is 2.52. The second-order valence-electron chi connectivity index (χ2n) is 6.58. The molecular weight excluding hydrogens is 388 g/mol. The number of rotatable bonds is 6. The lowest BCUT2D eigenvalue weighted by atomic mass is 9.91. The van der Waals surface area contributed by atoms with Crippen molar-refractivity contribution in [2.75, 3.05) is 26.2 Å². The summed E-state index contributed by atoms with van der Waals surface area (Å²) in [6.45, 7) is 0.0258. The van der Waals surface area contributed by atoms with Crippen molar-refractivity contribution in [1.29, 1.82) is 0 Å². The molecule has 0 bridgehead atoms. The Balaban J connectivity index is 1.74. The number of carbonyl (C=O) groups excluding carboxylic acids is 2. The van der Waals surface area contributed by atoms with Gasteiger partial charge in [0, 0.05) is 6.07 Å². The molecule has 2 aromatic carbocycles. The third-order valence-corrected chi connectivity index (χ3v) is 4.92. The van der Waals surface area contributed by atoms with Gasteiger partial charge in [-0.05, 0) is 24.3 Å². The zero-order valence-electron chi connectivity index (χ0n) is 16.4. The topological polar surface area (TPSA) is 144 Å². The van der Waals surface area contributed by atoms with E-state index in [0.29, 0.717) is 28.2 Å². The summed E-state index contributed by atoms with van der Waals surface area (Å²) < 4.78 is 10.5. The van der Waals surface area contributed by atoms with Crippen LogP contribution in [0, 0.1) is 0 Å². The largest absolute Gasteiger partial charge is 0.497 e. The quantitative estimate of drug-likeness (QED) is 0.477. The van der Waals surface area contributed by atoms with Crippen LogP contribution in [0.15, 0.2) is 47.5 Å². The van der Waals surface area contributed by atoms with Crippen LogP contribution >= 0.6 is 0 Å². The van der Waals surface area contributed by atoms with Gasteiger partial charge in [0.05, 0.1) is 37.6 Å². The molecule has 0 aliphatic carbocycles. The van der Waals surface area contributed by atoms with Crippen LogP contribution < -0.4 is 25.8 Å². The first-order valence-electron chi connectivity index (χ1n) is 9.08. The number of imidazole rings is 1. The van der Waals surface area contributed by atoms with Gasteiger partial charge < -0.3 is 25.5 Å². The molecule has 3 aromatic rings. The van der Waals surface area contributed by atoms with Crippen LogP contribution in [-0.2, 0) is 15.1 Å². The summed E-state index contributed by atoms with van der Waals surface area (Å²) in [4.78, 5) is 37.5. The Morgan fingerprint density at radius 1 is 1.17 bits per heavy atom. The summed E-state index contributed by atoms with van der Waals surface area (Å²) >= 11 is 0. The van der Waals surface area contributed by atoms with E-state index in [1.54, 1.807) is 24.3 Å². The Labute approximate surface area is 171 Å². The van der Waals surface area contributed by atoms with Crippen molar-refractivity contribution in [2.24, 2.45) is 10.7 Å². The molecule has 10 heteroatoms. The van der Waals surface area contributed by atoms with Gasteiger partial charge in [0.25, 0.3) is 11.8 Å². The van der Waals surface area contributed by atoms with E-state index in [-0.39, 0.29) is 18.2 Å². The smallest absolute Gasteiger partial charge is 0.272 e. The molecule has 10 nitrogen and oxygen atoms in total. The molecule has 2 heterocycles. The molecule has 154 valence electrons. The van der Waals surface area contributed by atoms with Gasteiger partial charge in [0.1, 0.15) is 23.0 Å². The number of hydrogen-bond acceptors (Lipinski definition) is 7. The molecule has 30 heavy (non-hydrogen) atoms. The van der Waals surface area contributed by atoms with Gasteiger partial charge in [-0.25, -0.2) is 4.98 Å². The lowest BCUT2D eigenvalue weighted by Crippen LogP contribution is -2.58. The van der Waals surface area contributed by atoms with Crippen LogP contribution in [0.25, 0.3) is 11.0 Å². The Morgan fingerprint density at radius 2 is 1.97 bits per heavy atom. The third-order valence-electron chi connectivity index (χ3n) is 4.92. The summed E-state index contributed by atoms with van der Waals surface area (Å²) in [5, 5.41) is 5.65. The Kier molecular flexibility index (Phi) is 4.84. The van der Waals surface area contributed by atoms with Crippen molar-refractivity contribution in [3.05, 3.63) is 48.3 Å². The normalized spacial score (nSPS) is 18.1. The van der Waals surface area contributed by atoms with Crippen molar-refractivity contribution >= 4 is 34.2 Å². The molecule has 0 spiro atoms. The summed E-state index contributed by atoms with van der Waals surface area (Å²) in [7, 11) is 2.99. The summed E-state index contributed by atoms with van der Waals surface area (Å²) in [5.74, 6) is -0.281. The molecule has 0 fully saturated rings. The van der Waals surface area contributed by atoms with Crippen molar-refractivity contribution in [3.8, 4) is 11.5 Å². The third kappa shape index (κ3) is 3.03. The lowest BCUT2D eigenvalue weighted by Gasteiger charge is -2.25. The van der Waals surface area contributed by atoms with E-state index in [2.05, 4.69) is 25.6 Å². The van der Waals surface area contributed by atoms with Crippen molar-refractivity contribution in [3.63, 3.8) is 0 Å². The number of amides is 2. The van der Waals surface area contributed by atoms with E-state index < -0.39 is 17.4 Å². The molecule has 5 N–H and O–H groups in total. The van der Waals surface area contributed by atoms with Crippen LogP contribution in [-0.4, -0.2) is 48.4 Å². The van der Waals surface area contributed by atoms with Crippen LogP contribution in [0.4, 0.5) is 5.69 Å². The van der Waals surface area contributed by atoms with Crippen LogP contribution in [0.2, 0.25) is 0 Å². The van der Waals surface area contributed by atoms with E-state index in [1.807, 2.05) is 18.2 Å². The molecule has 1 aliphatic rings. The molecule has 4 rings (SSSR count). The maximum atomic E-state index is 13.2. The SMILES string of the molecule is COc1ccc(OC)c(NC(=O)C2=NCNC2(C(N)=O)c2nc3ccccc3[nH]2)c1. The lowest BCUT2D eigenvalue weighted by molar-refractivity contribution is -0.123. The van der Waals surface area contributed by atoms with E-state index >= 15 is 0 Å². The van der Waals surface area contributed by atoms with Gasteiger partial charge in [-0.2, -0.15) is 0 Å². The first-order chi connectivity index (χ1) is 14.5. The minimum atomic E-state index is -1.70. The number of nitrogens with one attached hydrogen (secondary N) is 3. The van der Waals surface area contributed by atoms with Gasteiger partial charge in [-0.15, -0.1) is 0 Å². The van der Waals surface area contributed by atoms with Crippen molar-refractivity contribution < 1.29 is 19.1 Å². The number of hydrogen-bond donors (Lipinski definition) is 4. The highest BCUT2D eigenvalue weighted by atomic mass is 16.5. The monoisotopic (exact) mass is 408 g/mol. The number of nitrogens with zero attached hydrogens (tertiary/aromatic N) is 2. The highest BCUT2D eigenvalue weighted by molar-refractivity contribution is 6.50. The molecule has 1 aromatic heterocycles. The predicted octanol–water partition coefficient (Wildman–Crippen LogP) is 0.901. The van der Waals surface area contributed by atoms with Crippen LogP contribution in [0.1, 0.15) is 5.82 Å². The van der Waals surface area contributed by atoms with Crippen molar-refractivity contribution in [2.45, 2.75) is 5.54 Å². The average Bonchev–Trinajstić information content (AvgIpc) is 3.38. The number of anilines is 1. The number of carbonyl (C=O) groups is 2. The predicted molar refractivity (Wildman–Crippen MR) is 111 cm³/mol. The molecule has 0 saturated carbocycles. The number of aliphatic imine (C=N–C) groups is 1. The fraction of sp³-hybridized carbons (Fsp3) is 0.200. The number of nitrogens with two attached hydrogens (primary N) is 1. The summed E-state index contributed by atoms with van der Waals surface area (Å²) in [5.41, 5.74) is 5.65. The van der Waals surface area contributed by atoms with Crippen LogP contribution in [0.3, 0.4) is 0 Å².